The summed E-state index contributed by atoms with van der Waals surface area (Å²) in [6.45, 7) is 4.19. The first-order chi connectivity index (χ1) is 9.47. The third kappa shape index (κ3) is 3.37. The number of rotatable bonds is 3. The third-order valence-electron chi connectivity index (χ3n) is 4.30. The first-order valence-corrected chi connectivity index (χ1v) is 8.61. The van der Waals surface area contributed by atoms with Crippen molar-refractivity contribution in [3.63, 3.8) is 0 Å². The summed E-state index contributed by atoms with van der Waals surface area (Å²) in [6, 6.07) is 5.58. The quantitative estimate of drug-likeness (QED) is 0.778. The van der Waals surface area contributed by atoms with Crippen molar-refractivity contribution in [2.75, 3.05) is 5.33 Å². The number of benzene rings is 1. The Labute approximate surface area is 134 Å². The summed E-state index contributed by atoms with van der Waals surface area (Å²) in [5.41, 5.74) is 1.38. The summed E-state index contributed by atoms with van der Waals surface area (Å²) in [6.07, 6.45) is 4.37. The number of alkyl halides is 1. The molecule has 1 amide bonds. The zero-order valence-electron chi connectivity index (χ0n) is 12.0. The second-order valence-electron chi connectivity index (χ2n) is 5.99. The van der Waals surface area contributed by atoms with Gasteiger partial charge in [0.2, 0.25) is 0 Å². The monoisotopic (exact) mass is 357 g/mol. The number of halogens is 2. The SMILES string of the molecule is Cc1cccc(C(=O)NC2(CBr)CCC(C)CC2)c1Cl. The first-order valence-electron chi connectivity index (χ1n) is 7.11. The van der Waals surface area contributed by atoms with Crippen LogP contribution in [0.2, 0.25) is 5.02 Å². The minimum Gasteiger partial charge on any atom is -0.346 e. The molecule has 0 unspecified atom stereocenters. The lowest BCUT2D eigenvalue weighted by Gasteiger charge is -2.39. The highest BCUT2D eigenvalue weighted by atomic mass is 79.9. The van der Waals surface area contributed by atoms with Crippen LogP contribution in [0.15, 0.2) is 18.2 Å². The highest BCUT2D eigenvalue weighted by Crippen LogP contribution is 2.34. The maximum atomic E-state index is 12.5. The van der Waals surface area contributed by atoms with Crippen molar-refractivity contribution in [2.45, 2.75) is 45.1 Å². The van der Waals surface area contributed by atoms with E-state index in [9.17, 15) is 4.79 Å². The average molecular weight is 359 g/mol. The van der Waals surface area contributed by atoms with Crippen LogP contribution < -0.4 is 5.32 Å². The van der Waals surface area contributed by atoms with Gasteiger partial charge >= 0.3 is 0 Å². The van der Waals surface area contributed by atoms with Crippen molar-refractivity contribution in [2.24, 2.45) is 5.92 Å². The van der Waals surface area contributed by atoms with Gasteiger partial charge in [0, 0.05) is 5.33 Å². The molecule has 1 aliphatic carbocycles. The summed E-state index contributed by atoms with van der Waals surface area (Å²) in [4.78, 5) is 12.5. The summed E-state index contributed by atoms with van der Waals surface area (Å²) in [7, 11) is 0. The van der Waals surface area contributed by atoms with E-state index in [-0.39, 0.29) is 11.4 Å². The van der Waals surface area contributed by atoms with E-state index in [2.05, 4.69) is 28.2 Å². The molecule has 0 bridgehead atoms. The van der Waals surface area contributed by atoms with E-state index >= 15 is 0 Å². The van der Waals surface area contributed by atoms with Crippen LogP contribution >= 0.6 is 27.5 Å². The molecule has 0 atom stereocenters. The van der Waals surface area contributed by atoms with Crippen molar-refractivity contribution < 1.29 is 4.79 Å². The number of hydrogen-bond acceptors (Lipinski definition) is 1. The molecule has 1 aliphatic rings. The van der Waals surface area contributed by atoms with Crippen molar-refractivity contribution in [3.05, 3.63) is 34.3 Å². The highest BCUT2D eigenvalue weighted by molar-refractivity contribution is 9.09. The van der Waals surface area contributed by atoms with Crippen molar-refractivity contribution in [1.29, 1.82) is 0 Å². The standard InChI is InChI=1S/C16H21BrClNO/c1-11-6-8-16(10-17,9-7-11)19-15(20)13-5-3-4-12(2)14(13)18/h3-5,11H,6-10H2,1-2H3,(H,19,20). The van der Waals surface area contributed by atoms with Crippen LogP contribution in [0.4, 0.5) is 0 Å². The van der Waals surface area contributed by atoms with E-state index in [1.165, 1.54) is 0 Å². The van der Waals surface area contributed by atoms with Gasteiger partial charge in [-0.05, 0) is 50.2 Å². The lowest BCUT2D eigenvalue weighted by molar-refractivity contribution is 0.0874. The number of aryl methyl sites for hydroxylation is 1. The third-order valence-corrected chi connectivity index (χ3v) is 5.88. The molecule has 20 heavy (non-hydrogen) atoms. The Kier molecular flexibility index (Phi) is 5.14. The van der Waals surface area contributed by atoms with Crippen LogP contribution in [-0.4, -0.2) is 16.8 Å². The van der Waals surface area contributed by atoms with Gasteiger partial charge in [-0.3, -0.25) is 4.79 Å². The van der Waals surface area contributed by atoms with E-state index < -0.39 is 0 Å². The maximum Gasteiger partial charge on any atom is 0.253 e. The molecule has 0 aromatic heterocycles. The lowest BCUT2D eigenvalue weighted by Crippen LogP contribution is -2.52. The zero-order valence-corrected chi connectivity index (χ0v) is 14.4. The topological polar surface area (TPSA) is 29.1 Å². The fourth-order valence-corrected chi connectivity index (χ4v) is 3.65. The number of amides is 1. The molecule has 4 heteroatoms. The number of carbonyl (C=O) groups excluding carboxylic acids is 1. The summed E-state index contributed by atoms with van der Waals surface area (Å²) in [5, 5.41) is 4.56. The van der Waals surface area contributed by atoms with E-state index in [0.717, 1.165) is 42.5 Å². The van der Waals surface area contributed by atoms with Gasteiger partial charge in [-0.2, -0.15) is 0 Å². The maximum absolute atomic E-state index is 12.5. The fraction of sp³-hybridized carbons (Fsp3) is 0.562. The largest absolute Gasteiger partial charge is 0.346 e. The van der Waals surface area contributed by atoms with E-state index in [0.29, 0.717) is 10.6 Å². The molecule has 0 aliphatic heterocycles. The minimum atomic E-state index is -0.128. The van der Waals surface area contributed by atoms with Gasteiger partial charge in [0.25, 0.3) is 5.91 Å². The minimum absolute atomic E-state index is 0.0623. The Morgan fingerprint density at radius 1 is 1.45 bits per heavy atom. The van der Waals surface area contributed by atoms with E-state index in [1.54, 1.807) is 6.07 Å². The van der Waals surface area contributed by atoms with Gasteiger partial charge in [0.05, 0.1) is 16.1 Å². The van der Waals surface area contributed by atoms with Gasteiger partial charge in [-0.15, -0.1) is 0 Å². The van der Waals surface area contributed by atoms with Crippen LogP contribution in [0.1, 0.15) is 48.5 Å². The Morgan fingerprint density at radius 2 is 2.10 bits per heavy atom. The van der Waals surface area contributed by atoms with E-state index in [1.807, 2.05) is 19.1 Å². The summed E-state index contributed by atoms with van der Waals surface area (Å²) < 4.78 is 0. The van der Waals surface area contributed by atoms with Gasteiger partial charge in [-0.1, -0.05) is 46.6 Å². The molecule has 0 heterocycles. The lowest BCUT2D eigenvalue weighted by atomic mass is 9.78. The zero-order chi connectivity index (χ0) is 14.8. The molecule has 0 radical (unpaired) electrons. The normalized spacial score (nSPS) is 26.3. The molecular weight excluding hydrogens is 338 g/mol. The van der Waals surface area contributed by atoms with Gasteiger partial charge in [0.1, 0.15) is 0 Å². The van der Waals surface area contributed by atoms with Crippen LogP contribution in [0.3, 0.4) is 0 Å². The Balaban J connectivity index is 2.15. The molecule has 2 nitrogen and oxygen atoms in total. The Bertz CT molecular complexity index is 495. The van der Waals surface area contributed by atoms with Crippen LogP contribution in [0, 0.1) is 12.8 Å². The second-order valence-corrected chi connectivity index (χ2v) is 6.93. The van der Waals surface area contributed by atoms with E-state index in [4.69, 9.17) is 11.6 Å². The molecule has 1 fully saturated rings. The predicted molar refractivity (Wildman–Crippen MR) is 87.8 cm³/mol. The van der Waals surface area contributed by atoms with Crippen LogP contribution in [0.25, 0.3) is 0 Å². The van der Waals surface area contributed by atoms with Crippen molar-refractivity contribution >= 4 is 33.4 Å². The summed E-state index contributed by atoms with van der Waals surface area (Å²) >= 11 is 9.82. The second kappa shape index (κ2) is 6.48. The summed E-state index contributed by atoms with van der Waals surface area (Å²) in [5.74, 6) is 0.689. The Morgan fingerprint density at radius 3 is 2.70 bits per heavy atom. The highest BCUT2D eigenvalue weighted by Gasteiger charge is 2.35. The smallest absolute Gasteiger partial charge is 0.253 e. The first kappa shape index (κ1) is 15.8. The molecule has 1 aromatic carbocycles. The predicted octanol–water partition coefficient (Wildman–Crippen LogP) is 4.72. The molecular formula is C16H21BrClNO. The number of hydrogen-bond donors (Lipinski definition) is 1. The molecule has 1 saturated carbocycles. The molecule has 1 aromatic rings. The average Bonchev–Trinajstić information content (AvgIpc) is 2.44. The number of carbonyl (C=O) groups is 1. The van der Waals surface area contributed by atoms with Crippen molar-refractivity contribution in [1.82, 2.24) is 5.32 Å². The molecule has 110 valence electrons. The fourth-order valence-electron chi connectivity index (χ4n) is 2.74. The molecule has 0 spiro atoms. The van der Waals surface area contributed by atoms with Crippen LogP contribution in [-0.2, 0) is 0 Å². The van der Waals surface area contributed by atoms with Gasteiger partial charge < -0.3 is 5.32 Å². The van der Waals surface area contributed by atoms with Gasteiger partial charge in [-0.25, -0.2) is 0 Å². The van der Waals surface area contributed by atoms with Gasteiger partial charge in [0.15, 0.2) is 0 Å². The molecule has 2 rings (SSSR count). The van der Waals surface area contributed by atoms with Crippen molar-refractivity contribution in [3.8, 4) is 0 Å². The molecule has 0 saturated heterocycles. The molecule has 1 N–H and O–H groups in total. The number of nitrogens with one attached hydrogen (secondary N) is 1. The Hall–Kier alpha value is -0.540. The van der Waals surface area contributed by atoms with Crippen LogP contribution in [0.5, 0.6) is 0 Å².